The van der Waals surface area contributed by atoms with Crippen LogP contribution in [0.2, 0.25) is 10.0 Å². The van der Waals surface area contributed by atoms with E-state index in [1.807, 2.05) is 12.1 Å². The van der Waals surface area contributed by atoms with Crippen molar-refractivity contribution in [2.45, 2.75) is 25.3 Å². The van der Waals surface area contributed by atoms with E-state index in [0.29, 0.717) is 22.0 Å². The number of piperidine rings is 1. The third-order valence-electron chi connectivity index (χ3n) is 4.18. The number of hydrogen-bond acceptors (Lipinski definition) is 2. The number of imidazole rings is 1. The standard InChI is InChI=1S/C15H18Cl3N3/c1-20-6-3-10(4-7-20)21-14-9-12(18)11(17)8-13(14)19-15(21)2-5-16/h8-10H,2-7H2,1H3. The highest BCUT2D eigenvalue weighted by molar-refractivity contribution is 6.42. The van der Waals surface area contributed by atoms with E-state index in [-0.39, 0.29) is 0 Å². The van der Waals surface area contributed by atoms with E-state index in [4.69, 9.17) is 39.8 Å². The summed E-state index contributed by atoms with van der Waals surface area (Å²) in [6.07, 6.45) is 3.01. The fraction of sp³-hybridized carbons (Fsp3) is 0.533. The van der Waals surface area contributed by atoms with Crippen molar-refractivity contribution in [2.24, 2.45) is 0 Å². The molecule has 0 saturated carbocycles. The first kappa shape index (κ1) is 15.4. The van der Waals surface area contributed by atoms with Gasteiger partial charge in [-0.15, -0.1) is 11.6 Å². The molecule has 0 bridgehead atoms. The van der Waals surface area contributed by atoms with Gasteiger partial charge in [-0.05, 0) is 45.1 Å². The average molecular weight is 347 g/mol. The Kier molecular flexibility index (Phi) is 4.65. The Labute approximate surface area is 139 Å². The lowest BCUT2D eigenvalue weighted by atomic mass is 10.0. The monoisotopic (exact) mass is 345 g/mol. The fourth-order valence-electron chi connectivity index (χ4n) is 3.06. The molecule has 114 valence electrons. The number of aromatic nitrogens is 2. The molecule has 0 amide bonds. The Hall–Kier alpha value is -0.480. The lowest BCUT2D eigenvalue weighted by molar-refractivity contribution is 0.221. The minimum atomic E-state index is 0.460. The molecule has 21 heavy (non-hydrogen) atoms. The Morgan fingerprint density at radius 3 is 2.52 bits per heavy atom. The lowest BCUT2D eigenvalue weighted by Gasteiger charge is -2.31. The molecule has 1 aliphatic heterocycles. The number of hydrogen-bond donors (Lipinski definition) is 0. The molecule has 0 atom stereocenters. The maximum atomic E-state index is 6.20. The van der Waals surface area contributed by atoms with Gasteiger partial charge in [-0.3, -0.25) is 0 Å². The van der Waals surface area contributed by atoms with Crippen molar-refractivity contribution < 1.29 is 0 Å². The fourth-order valence-corrected chi connectivity index (χ4v) is 3.55. The van der Waals surface area contributed by atoms with Crippen LogP contribution in [0.3, 0.4) is 0 Å². The van der Waals surface area contributed by atoms with Crippen LogP contribution in [0.5, 0.6) is 0 Å². The zero-order valence-corrected chi connectivity index (χ0v) is 14.2. The van der Waals surface area contributed by atoms with Gasteiger partial charge in [0.15, 0.2) is 0 Å². The first-order valence-corrected chi connectivity index (χ1v) is 8.49. The van der Waals surface area contributed by atoms with Crippen molar-refractivity contribution in [1.82, 2.24) is 14.5 Å². The Bertz CT molecular complexity index is 645. The van der Waals surface area contributed by atoms with Gasteiger partial charge in [0.25, 0.3) is 0 Å². The van der Waals surface area contributed by atoms with Crippen LogP contribution >= 0.6 is 34.8 Å². The normalized spacial score (nSPS) is 17.7. The molecule has 1 aromatic heterocycles. The third kappa shape index (κ3) is 3.02. The van der Waals surface area contributed by atoms with Crippen LogP contribution in [0.25, 0.3) is 11.0 Å². The number of rotatable bonds is 3. The smallest absolute Gasteiger partial charge is 0.111 e. The molecule has 1 aromatic carbocycles. The van der Waals surface area contributed by atoms with Crippen LogP contribution in [0.4, 0.5) is 0 Å². The summed E-state index contributed by atoms with van der Waals surface area (Å²) in [5.74, 6) is 1.60. The zero-order chi connectivity index (χ0) is 15.0. The summed E-state index contributed by atoms with van der Waals surface area (Å²) in [5.41, 5.74) is 1.97. The molecule has 2 aromatic rings. The summed E-state index contributed by atoms with van der Waals surface area (Å²) in [7, 11) is 2.17. The SMILES string of the molecule is CN1CCC(n2c(CCCl)nc3cc(Cl)c(Cl)cc32)CC1. The minimum absolute atomic E-state index is 0.460. The molecule has 0 N–H and O–H groups in total. The van der Waals surface area contributed by atoms with Crippen molar-refractivity contribution in [2.75, 3.05) is 26.0 Å². The van der Waals surface area contributed by atoms with Gasteiger partial charge in [-0.1, -0.05) is 23.2 Å². The maximum absolute atomic E-state index is 6.20. The molecule has 2 heterocycles. The predicted molar refractivity (Wildman–Crippen MR) is 89.9 cm³/mol. The van der Waals surface area contributed by atoms with E-state index >= 15 is 0 Å². The molecule has 1 saturated heterocycles. The number of halogens is 3. The number of nitrogens with zero attached hydrogens (tertiary/aromatic N) is 3. The zero-order valence-electron chi connectivity index (χ0n) is 12.0. The van der Waals surface area contributed by atoms with Gasteiger partial charge in [0.2, 0.25) is 0 Å². The summed E-state index contributed by atoms with van der Waals surface area (Å²) in [4.78, 5) is 7.08. The van der Waals surface area contributed by atoms with Crippen LogP contribution in [-0.4, -0.2) is 40.5 Å². The van der Waals surface area contributed by atoms with Gasteiger partial charge in [-0.25, -0.2) is 4.98 Å². The van der Waals surface area contributed by atoms with Crippen LogP contribution in [0, 0.1) is 0 Å². The Balaban J connectivity index is 2.09. The van der Waals surface area contributed by atoms with Crippen LogP contribution in [0.1, 0.15) is 24.7 Å². The second-order valence-corrected chi connectivity index (χ2v) is 6.82. The van der Waals surface area contributed by atoms with E-state index in [1.54, 1.807) is 0 Å². The number of aryl methyl sites for hydroxylation is 1. The molecule has 3 rings (SSSR count). The van der Waals surface area contributed by atoms with E-state index in [1.165, 1.54) is 0 Å². The van der Waals surface area contributed by atoms with E-state index in [0.717, 1.165) is 49.2 Å². The topological polar surface area (TPSA) is 21.1 Å². The molecular formula is C15H18Cl3N3. The molecule has 0 unspecified atom stereocenters. The van der Waals surface area contributed by atoms with Gasteiger partial charge < -0.3 is 9.47 Å². The molecule has 6 heteroatoms. The summed E-state index contributed by atoms with van der Waals surface area (Å²) in [6, 6.07) is 4.24. The number of benzene rings is 1. The molecular weight excluding hydrogens is 329 g/mol. The Morgan fingerprint density at radius 1 is 1.19 bits per heavy atom. The van der Waals surface area contributed by atoms with Crippen molar-refractivity contribution in [3.05, 3.63) is 28.0 Å². The number of likely N-dealkylation sites (tertiary alicyclic amines) is 1. The Morgan fingerprint density at radius 2 is 1.86 bits per heavy atom. The summed E-state index contributed by atoms with van der Waals surface area (Å²) in [5, 5.41) is 1.13. The van der Waals surface area contributed by atoms with E-state index in [9.17, 15) is 0 Å². The van der Waals surface area contributed by atoms with Crippen LogP contribution in [0.15, 0.2) is 12.1 Å². The summed E-state index contributed by atoms with van der Waals surface area (Å²) in [6.45, 7) is 2.21. The largest absolute Gasteiger partial charge is 0.325 e. The van der Waals surface area contributed by atoms with Crippen LogP contribution in [-0.2, 0) is 6.42 Å². The van der Waals surface area contributed by atoms with Gasteiger partial charge in [0.05, 0.1) is 21.1 Å². The first-order valence-electron chi connectivity index (χ1n) is 7.20. The van der Waals surface area contributed by atoms with Gasteiger partial charge in [-0.2, -0.15) is 0 Å². The first-order chi connectivity index (χ1) is 10.1. The highest BCUT2D eigenvalue weighted by Gasteiger charge is 2.23. The maximum Gasteiger partial charge on any atom is 0.111 e. The minimum Gasteiger partial charge on any atom is -0.325 e. The van der Waals surface area contributed by atoms with Gasteiger partial charge in [0, 0.05) is 18.3 Å². The van der Waals surface area contributed by atoms with Crippen LogP contribution < -0.4 is 0 Å². The van der Waals surface area contributed by atoms with E-state index in [2.05, 4.69) is 16.5 Å². The summed E-state index contributed by atoms with van der Waals surface area (Å²) >= 11 is 18.3. The van der Waals surface area contributed by atoms with Gasteiger partial charge in [0.1, 0.15) is 5.82 Å². The average Bonchev–Trinajstić information content (AvgIpc) is 2.78. The highest BCUT2D eigenvalue weighted by Crippen LogP contribution is 2.33. The van der Waals surface area contributed by atoms with Crippen molar-refractivity contribution >= 4 is 45.8 Å². The second kappa shape index (κ2) is 6.33. The molecule has 0 radical (unpaired) electrons. The lowest BCUT2D eigenvalue weighted by Crippen LogP contribution is -2.32. The van der Waals surface area contributed by atoms with Crippen molar-refractivity contribution in [3.63, 3.8) is 0 Å². The molecule has 3 nitrogen and oxygen atoms in total. The van der Waals surface area contributed by atoms with Crippen molar-refractivity contribution in [1.29, 1.82) is 0 Å². The molecule has 0 aliphatic carbocycles. The predicted octanol–water partition coefficient (Wildman–Crippen LogP) is 4.39. The second-order valence-electron chi connectivity index (χ2n) is 5.63. The molecule has 1 aliphatic rings. The van der Waals surface area contributed by atoms with Crippen molar-refractivity contribution in [3.8, 4) is 0 Å². The van der Waals surface area contributed by atoms with E-state index < -0.39 is 0 Å². The quantitative estimate of drug-likeness (QED) is 0.769. The molecule has 1 fully saturated rings. The van der Waals surface area contributed by atoms with Gasteiger partial charge >= 0.3 is 0 Å². The summed E-state index contributed by atoms with van der Waals surface area (Å²) < 4.78 is 2.33. The third-order valence-corrected chi connectivity index (χ3v) is 5.09. The number of alkyl halides is 1. The number of fused-ring (bicyclic) bond motifs is 1. The highest BCUT2D eigenvalue weighted by atomic mass is 35.5. The molecule has 0 spiro atoms.